The lowest BCUT2D eigenvalue weighted by atomic mass is 10.2. The van der Waals surface area contributed by atoms with Gasteiger partial charge in [-0.25, -0.2) is 9.59 Å². The van der Waals surface area contributed by atoms with E-state index in [9.17, 15) is 14.4 Å². The fourth-order valence-corrected chi connectivity index (χ4v) is 2.73. The molecule has 0 radical (unpaired) electrons. The normalized spacial score (nSPS) is 12.2. The van der Waals surface area contributed by atoms with E-state index in [-0.39, 0.29) is 17.5 Å². The molecule has 8 heteroatoms. The van der Waals surface area contributed by atoms with E-state index in [2.05, 4.69) is 10.6 Å². The average molecular weight is 398 g/mol. The Bertz CT molecular complexity index is 629. The highest BCUT2D eigenvalue weighted by molar-refractivity contribution is 7.95. The molecule has 0 aliphatic rings. The summed E-state index contributed by atoms with van der Waals surface area (Å²) in [7, 11) is 0.0841. The maximum atomic E-state index is 12.4. The summed E-state index contributed by atoms with van der Waals surface area (Å²) in [5, 5.41) is 4.71. The standard InChI is InChI=1S/C19H28N2O5S/c1-19(2,3)26-18(24)20-15(11-12-27(4)5)16(22)21-17(23)25-13-14-9-7-6-8-10-14/h6-10,15H,11-13H2,1-5H3,(H-,20,21,22,23,24)/p+1/t15-/m1/s1. The number of alkyl carbamates (subject to hydrolysis) is 2. The quantitative estimate of drug-likeness (QED) is 0.690. The molecule has 0 aromatic heterocycles. The number of hydrogen-bond donors (Lipinski definition) is 2. The summed E-state index contributed by atoms with van der Waals surface area (Å²) in [6.45, 7) is 5.26. The number of amides is 3. The van der Waals surface area contributed by atoms with Crippen LogP contribution in [0.1, 0.15) is 32.8 Å². The van der Waals surface area contributed by atoms with Gasteiger partial charge in [0.15, 0.2) is 0 Å². The molecule has 0 saturated carbocycles. The summed E-state index contributed by atoms with van der Waals surface area (Å²) < 4.78 is 10.2. The van der Waals surface area contributed by atoms with Crippen LogP contribution in [0, 0.1) is 0 Å². The lowest BCUT2D eigenvalue weighted by Gasteiger charge is -2.22. The highest BCUT2D eigenvalue weighted by atomic mass is 32.2. The van der Waals surface area contributed by atoms with Gasteiger partial charge in [-0.3, -0.25) is 10.1 Å². The van der Waals surface area contributed by atoms with E-state index in [4.69, 9.17) is 9.47 Å². The summed E-state index contributed by atoms with van der Waals surface area (Å²) in [6, 6.07) is 8.26. The van der Waals surface area contributed by atoms with Gasteiger partial charge in [-0.15, -0.1) is 0 Å². The SMILES string of the molecule is C[S+](C)CC[C@@H](NC(=O)OC(C)(C)C)C(=O)NC(=O)OCc1ccccc1. The van der Waals surface area contributed by atoms with Crippen molar-refractivity contribution < 1.29 is 23.9 Å². The van der Waals surface area contributed by atoms with Gasteiger partial charge in [0.2, 0.25) is 0 Å². The number of benzene rings is 1. The lowest BCUT2D eigenvalue weighted by Crippen LogP contribution is -2.50. The van der Waals surface area contributed by atoms with E-state index in [1.165, 1.54) is 0 Å². The van der Waals surface area contributed by atoms with E-state index in [1.807, 2.05) is 42.8 Å². The molecule has 0 aliphatic carbocycles. The number of nitrogens with one attached hydrogen (secondary N) is 2. The van der Waals surface area contributed by atoms with Crippen molar-refractivity contribution in [1.82, 2.24) is 10.6 Å². The summed E-state index contributed by atoms with van der Waals surface area (Å²) in [6.07, 6.45) is 2.92. The summed E-state index contributed by atoms with van der Waals surface area (Å²) >= 11 is 0. The van der Waals surface area contributed by atoms with Crippen LogP contribution >= 0.6 is 0 Å². The molecule has 0 bridgehead atoms. The minimum Gasteiger partial charge on any atom is -0.444 e. The van der Waals surface area contributed by atoms with Crippen LogP contribution < -0.4 is 10.6 Å². The predicted molar refractivity (Wildman–Crippen MR) is 107 cm³/mol. The molecule has 7 nitrogen and oxygen atoms in total. The Labute approximate surface area is 163 Å². The van der Waals surface area contributed by atoms with Crippen molar-refractivity contribution in [3.8, 4) is 0 Å². The zero-order valence-corrected chi connectivity index (χ0v) is 17.4. The Balaban J connectivity index is 2.60. The van der Waals surface area contributed by atoms with Gasteiger partial charge < -0.3 is 14.8 Å². The predicted octanol–water partition coefficient (Wildman–Crippen LogP) is 2.60. The first-order chi connectivity index (χ1) is 12.6. The lowest BCUT2D eigenvalue weighted by molar-refractivity contribution is -0.122. The minimum absolute atomic E-state index is 0.0531. The van der Waals surface area contributed by atoms with Crippen LogP contribution in [0.3, 0.4) is 0 Å². The van der Waals surface area contributed by atoms with Crippen LogP contribution in [-0.4, -0.2) is 48.0 Å². The number of imide groups is 1. The Morgan fingerprint density at radius 1 is 1.07 bits per heavy atom. The molecule has 0 unspecified atom stereocenters. The van der Waals surface area contributed by atoms with Gasteiger partial charge >= 0.3 is 12.2 Å². The van der Waals surface area contributed by atoms with Crippen LogP contribution in [0.5, 0.6) is 0 Å². The summed E-state index contributed by atoms with van der Waals surface area (Å²) in [5.41, 5.74) is 0.129. The van der Waals surface area contributed by atoms with Gasteiger partial charge in [-0.2, -0.15) is 0 Å². The number of hydrogen-bond acceptors (Lipinski definition) is 5. The fraction of sp³-hybridized carbons (Fsp3) is 0.526. The molecule has 3 amide bonds. The second-order valence-electron chi connectivity index (χ2n) is 7.23. The van der Waals surface area contributed by atoms with Crippen molar-refractivity contribution >= 4 is 29.0 Å². The number of carbonyl (C=O) groups is 3. The molecule has 0 spiro atoms. The van der Waals surface area contributed by atoms with E-state index in [0.29, 0.717) is 6.42 Å². The van der Waals surface area contributed by atoms with Crippen molar-refractivity contribution in [2.75, 3.05) is 18.3 Å². The highest BCUT2D eigenvalue weighted by Crippen LogP contribution is 2.08. The van der Waals surface area contributed by atoms with Crippen LogP contribution in [-0.2, 0) is 31.8 Å². The zero-order chi connectivity index (χ0) is 20.4. The molecule has 1 atom stereocenters. The van der Waals surface area contributed by atoms with Crippen molar-refractivity contribution in [3.05, 3.63) is 35.9 Å². The van der Waals surface area contributed by atoms with Gasteiger partial charge in [0, 0.05) is 6.42 Å². The van der Waals surface area contributed by atoms with Crippen LogP contribution in [0.2, 0.25) is 0 Å². The zero-order valence-electron chi connectivity index (χ0n) is 16.5. The van der Waals surface area contributed by atoms with Gasteiger partial charge in [0.25, 0.3) is 5.91 Å². The molecule has 150 valence electrons. The van der Waals surface area contributed by atoms with Crippen LogP contribution in [0.4, 0.5) is 9.59 Å². The summed E-state index contributed by atoms with van der Waals surface area (Å²) in [5.74, 6) is 0.108. The van der Waals surface area contributed by atoms with E-state index in [1.54, 1.807) is 20.8 Å². The Hall–Kier alpha value is -2.22. The van der Waals surface area contributed by atoms with Crippen LogP contribution in [0.25, 0.3) is 0 Å². The topological polar surface area (TPSA) is 93.7 Å². The third kappa shape index (κ3) is 10.5. The second kappa shape index (κ2) is 10.8. The molecule has 0 fully saturated rings. The molecule has 2 N–H and O–H groups in total. The Morgan fingerprint density at radius 2 is 1.70 bits per heavy atom. The first-order valence-corrected chi connectivity index (χ1v) is 10.8. The monoisotopic (exact) mass is 397 g/mol. The number of rotatable bonds is 7. The Kier molecular flexibility index (Phi) is 9.14. The smallest absolute Gasteiger partial charge is 0.414 e. The molecule has 0 aliphatic heterocycles. The Morgan fingerprint density at radius 3 is 2.26 bits per heavy atom. The largest absolute Gasteiger partial charge is 0.444 e. The van der Waals surface area contributed by atoms with E-state index >= 15 is 0 Å². The van der Waals surface area contributed by atoms with Crippen molar-refractivity contribution in [2.45, 2.75) is 45.4 Å². The molecule has 27 heavy (non-hydrogen) atoms. The molecule has 1 rings (SSSR count). The molecular weight excluding hydrogens is 368 g/mol. The maximum Gasteiger partial charge on any atom is 0.414 e. The molecule has 0 heterocycles. The average Bonchev–Trinajstić information content (AvgIpc) is 2.55. The minimum atomic E-state index is -0.876. The van der Waals surface area contributed by atoms with Crippen molar-refractivity contribution in [3.63, 3.8) is 0 Å². The first kappa shape index (κ1) is 22.8. The fourth-order valence-electron chi connectivity index (χ4n) is 2.02. The van der Waals surface area contributed by atoms with Gasteiger partial charge in [-0.1, -0.05) is 30.3 Å². The molecule has 1 aromatic rings. The molecule has 0 saturated heterocycles. The van der Waals surface area contributed by atoms with Gasteiger partial charge in [0.05, 0.1) is 12.5 Å². The van der Waals surface area contributed by atoms with E-state index in [0.717, 1.165) is 11.3 Å². The number of ether oxygens (including phenoxy) is 2. The number of carbonyl (C=O) groups excluding carboxylic acids is 3. The maximum absolute atomic E-state index is 12.4. The van der Waals surface area contributed by atoms with Gasteiger partial charge in [-0.05, 0) is 37.2 Å². The van der Waals surface area contributed by atoms with E-state index < -0.39 is 29.7 Å². The highest BCUT2D eigenvalue weighted by Gasteiger charge is 2.27. The third-order valence-corrected chi connectivity index (χ3v) is 4.31. The van der Waals surface area contributed by atoms with Crippen molar-refractivity contribution in [1.29, 1.82) is 0 Å². The second-order valence-corrected chi connectivity index (χ2v) is 9.61. The van der Waals surface area contributed by atoms with Crippen molar-refractivity contribution in [2.24, 2.45) is 0 Å². The molecule has 1 aromatic carbocycles. The van der Waals surface area contributed by atoms with Gasteiger partial charge in [0.1, 0.15) is 24.0 Å². The summed E-state index contributed by atoms with van der Waals surface area (Å²) in [4.78, 5) is 36.3. The third-order valence-electron chi connectivity index (χ3n) is 3.26. The molecular formula is C19H29N2O5S+. The first-order valence-electron chi connectivity index (χ1n) is 8.62. The van der Waals surface area contributed by atoms with Crippen LogP contribution in [0.15, 0.2) is 30.3 Å².